The molecule has 0 fully saturated rings. The maximum Gasteiger partial charge on any atom is 0.449 e. The standard InChI is InChI=1S/C8H5ClF2O5S/c9-6-3-1-5(2-4-6)8(10,11)7(12)16-17(13,14)15/h1-4H,(H,13,14,15). The van der Waals surface area contributed by atoms with Crippen molar-refractivity contribution in [1.29, 1.82) is 0 Å². The van der Waals surface area contributed by atoms with Crippen LogP contribution in [0.3, 0.4) is 0 Å². The molecule has 9 heteroatoms. The Morgan fingerprint density at radius 1 is 1.29 bits per heavy atom. The molecule has 0 aliphatic heterocycles. The molecule has 0 amide bonds. The molecule has 0 saturated carbocycles. The second kappa shape index (κ2) is 4.55. The highest BCUT2D eigenvalue weighted by Crippen LogP contribution is 2.30. The largest absolute Gasteiger partial charge is 0.449 e. The van der Waals surface area contributed by atoms with E-state index < -0.39 is 27.9 Å². The number of carbonyl (C=O) groups excluding carboxylic acids is 1. The summed E-state index contributed by atoms with van der Waals surface area (Å²) in [6.45, 7) is 0. The topological polar surface area (TPSA) is 80.7 Å². The molecule has 0 aliphatic carbocycles. The fraction of sp³-hybridized carbons (Fsp3) is 0.125. The summed E-state index contributed by atoms with van der Waals surface area (Å²) < 4.78 is 58.2. The van der Waals surface area contributed by atoms with Gasteiger partial charge in [-0.2, -0.15) is 17.2 Å². The molecule has 0 bridgehead atoms. The molecule has 0 spiro atoms. The first kappa shape index (κ1) is 13.8. The van der Waals surface area contributed by atoms with Gasteiger partial charge in [0.05, 0.1) is 0 Å². The predicted molar refractivity (Wildman–Crippen MR) is 53.0 cm³/mol. The van der Waals surface area contributed by atoms with E-state index in [1.54, 1.807) is 0 Å². The molecule has 17 heavy (non-hydrogen) atoms. The fourth-order valence-corrected chi connectivity index (χ4v) is 1.35. The Morgan fingerprint density at radius 2 is 1.76 bits per heavy atom. The number of benzene rings is 1. The molecule has 0 radical (unpaired) electrons. The van der Waals surface area contributed by atoms with Crippen LogP contribution in [0.25, 0.3) is 0 Å². The van der Waals surface area contributed by atoms with Crippen LogP contribution < -0.4 is 0 Å². The quantitative estimate of drug-likeness (QED) is 0.857. The summed E-state index contributed by atoms with van der Waals surface area (Å²) in [5.74, 6) is -6.61. The van der Waals surface area contributed by atoms with Gasteiger partial charge in [-0.3, -0.25) is 4.55 Å². The summed E-state index contributed by atoms with van der Waals surface area (Å²) in [5.41, 5.74) is -0.810. The lowest BCUT2D eigenvalue weighted by molar-refractivity contribution is -0.163. The van der Waals surface area contributed by atoms with Crippen molar-refractivity contribution in [3.05, 3.63) is 34.9 Å². The van der Waals surface area contributed by atoms with Gasteiger partial charge in [0.1, 0.15) is 0 Å². The van der Waals surface area contributed by atoms with Crippen molar-refractivity contribution in [3.63, 3.8) is 0 Å². The summed E-state index contributed by atoms with van der Waals surface area (Å²) in [4.78, 5) is 10.8. The Hall–Kier alpha value is -1.25. The normalized spacial score (nSPS) is 12.2. The smallest absolute Gasteiger partial charge is 0.318 e. The van der Waals surface area contributed by atoms with Gasteiger partial charge in [0.15, 0.2) is 0 Å². The Labute approximate surface area is 99.9 Å². The van der Waals surface area contributed by atoms with E-state index in [4.69, 9.17) is 16.2 Å². The third kappa shape index (κ3) is 3.62. The maximum absolute atomic E-state index is 13.3. The Balaban J connectivity index is 3.02. The minimum Gasteiger partial charge on any atom is -0.318 e. The summed E-state index contributed by atoms with van der Waals surface area (Å²) in [6.07, 6.45) is 0. The Kier molecular flexibility index (Phi) is 3.70. The van der Waals surface area contributed by atoms with Gasteiger partial charge >= 0.3 is 22.3 Å². The number of alkyl halides is 2. The third-order valence-corrected chi connectivity index (χ3v) is 2.26. The van der Waals surface area contributed by atoms with E-state index in [0.29, 0.717) is 0 Å². The van der Waals surface area contributed by atoms with Crippen molar-refractivity contribution in [3.8, 4) is 0 Å². The first-order valence-electron chi connectivity index (χ1n) is 3.98. The minimum absolute atomic E-state index is 0.160. The zero-order valence-corrected chi connectivity index (χ0v) is 9.50. The number of halogens is 3. The van der Waals surface area contributed by atoms with Gasteiger partial charge in [0.25, 0.3) is 0 Å². The zero-order valence-electron chi connectivity index (χ0n) is 7.93. The van der Waals surface area contributed by atoms with E-state index in [9.17, 15) is 22.0 Å². The van der Waals surface area contributed by atoms with E-state index in [2.05, 4.69) is 4.18 Å². The number of hydrogen-bond acceptors (Lipinski definition) is 4. The molecule has 94 valence electrons. The SMILES string of the molecule is O=C(OS(=O)(=O)O)C(F)(F)c1ccc(Cl)cc1. The second-order valence-electron chi connectivity index (χ2n) is 2.88. The van der Waals surface area contributed by atoms with Crippen LogP contribution in [-0.2, 0) is 25.3 Å². The van der Waals surface area contributed by atoms with Crippen LogP contribution in [0, 0.1) is 0 Å². The van der Waals surface area contributed by atoms with Crippen LogP contribution in [0.2, 0.25) is 5.02 Å². The van der Waals surface area contributed by atoms with Gasteiger partial charge < -0.3 is 4.18 Å². The van der Waals surface area contributed by atoms with E-state index in [1.807, 2.05) is 0 Å². The molecule has 1 N–H and O–H groups in total. The summed E-state index contributed by atoms with van der Waals surface area (Å²) in [7, 11) is -5.28. The lowest BCUT2D eigenvalue weighted by Crippen LogP contribution is -2.30. The average Bonchev–Trinajstić information content (AvgIpc) is 2.15. The Bertz CT molecular complexity index is 525. The van der Waals surface area contributed by atoms with Gasteiger partial charge in [-0.1, -0.05) is 23.7 Å². The van der Waals surface area contributed by atoms with Crippen molar-refractivity contribution >= 4 is 28.0 Å². The van der Waals surface area contributed by atoms with Gasteiger partial charge in [0, 0.05) is 10.6 Å². The predicted octanol–water partition coefficient (Wildman–Crippen LogP) is 1.78. The molecular weight excluding hydrogens is 282 g/mol. The van der Waals surface area contributed by atoms with Crippen molar-refractivity contribution in [2.24, 2.45) is 0 Å². The number of hydrogen-bond donors (Lipinski definition) is 1. The van der Waals surface area contributed by atoms with Crippen LogP contribution in [0.15, 0.2) is 24.3 Å². The lowest BCUT2D eigenvalue weighted by atomic mass is 10.1. The number of carbonyl (C=O) groups is 1. The van der Waals surface area contributed by atoms with Crippen molar-refractivity contribution < 1.29 is 30.7 Å². The summed E-state index contributed by atoms with van der Waals surface area (Å²) in [5, 5.41) is 0.160. The van der Waals surface area contributed by atoms with Crippen LogP contribution in [-0.4, -0.2) is 18.9 Å². The van der Waals surface area contributed by atoms with Gasteiger partial charge in [-0.05, 0) is 12.1 Å². The maximum atomic E-state index is 13.3. The molecule has 0 aromatic heterocycles. The van der Waals surface area contributed by atoms with Gasteiger partial charge in [0.2, 0.25) is 0 Å². The van der Waals surface area contributed by atoms with E-state index in [1.165, 1.54) is 0 Å². The highest BCUT2D eigenvalue weighted by atomic mass is 35.5. The third-order valence-electron chi connectivity index (χ3n) is 1.64. The fourth-order valence-electron chi connectivity index (χ4n) is 0.925. The van der Waals surface area contributed by atoms with Crippen molar-refractivity contribution in [2.45, 2.75) is 5.92 Å². The minimum atomic E-state index is -5.28. The zero-order chi connectivity index (χ0) is 13.3. The summed E-state index contributed by atoms with van der Waals surface area (Å²) >= 11 is 5.45. The monoisotopic (exact) mass is 286 g/mol. The number of rotatable bonds is 3. The molecular formula is C8H5ClF2O5S. The molecule has 1 aromatic carbocycles. The lowest BCUT2D eigenvalue weighted by Gasteiger charge is -2.13. The molecule has 0 aliphatic rings. The molecule has 5 nitrogen and oxygen atoms in total. The van der Waals surface area contributed by atoms with Crippen LogP contribution in [0.5, 0.6) is 0 Å². The molecule has 1 aromatic rings. The first-order valence-corrected chi connectivity index (χ1v) is 5.72. The highest BCUT2D eigenvalue weighted by molar-refractivity contribution is 7.81. The molecule has 0 atom stereocenters. The van der Waals surface area contributed by atoms with Crippen LogP contribution in [0.1, 0.15) is 5.56 Å². The van der Waals surface area contributed by atoms with Crippen molar-refractivity contribution in [2.75, 3.05) is 0 Å². The van der Waals surface area contributed by atoms with E-state index in [0.717, 1.165) is 24.3 Å². The molecule has 0 unspecified atom stereocenters. The molecule has 0 saturated heterocycles. The van der Waals surface area contributed by atoms with E-state index >= 15 is 0 Å². The first-order chi connectivity index (χ1) is 7.63. The van der Waals surface area contributed by atoms with Crippen molar-refractivity contribution in [1.82, 2.24) is 0 Å². The van der Waals surface area contributed by atoms with Crippen LogP contribution in [0.4, 0.5) is 8.78 Å². The second-order valence-corrected chi connectivity index (χ2v) is 4.34. The van der Waals surface area contributed by atoms with E-state index in [-0.39, 0.29) is 5.02 Å². The highest BCUT2D eigenvalue weighted by Gasteiger charge is 2.45. The molecule has 0 heterocycles. The van der Waals surface area contributed by atoms with Gasteiger partial charge in [-0.25, -0.2) is 4.79 Å². The Morgan fingerprint density at radius 3 is 2.18 bits per heavy atom. The van der Waals surface area contributed by atoms with Crippen LogP contribution >= 0.6 is 11.6 Å². The summed E-state index contributed by atoms with van der Waals surface area (Å²) in [6, 6.07) is 3.83. The molecule has 1 rings (SSSR count). The van der Waals surface area contributed by atoms with Gasteiger partial charge in [-0.15, -0.1) is 0 Å². The average molecular weight is 287 g/mol.